The number of unbranched alkanes of at least 4 members (excludes halogenated alkanes) is 1. The summed E-state index contributed by atoms with van der Waals surface area (Å²) in [5.41, 5.74) is 0.607. The summed E-state index contributed by atoms with van der Waals surface area (Å²) < 4.78 is 12.2. The lowest BCUT2D eigenvalue weighted by molar-refractivity contribution is 0.112. The molecule has 0 unspecified atom stereocenters. The van der Waals surface area contributed by atoms with E-state index < -0.39 is 0 Å². The van der Waals surface area contributed by atoms with Crippen molar-refractivity contribution in [2.75, 3.05) is 20.3 Å². The maximum atomic E-state index is 10.7. The van der Waals surface area contributed by atoms with Crippen molar-refractivity contribution in [1.82, 2.24) is 0 Å². The molecule has 0 bridgehead atoms. The first-order chi connectivity index (χ1) is 8.19. The summed E-state index contributed by atoms with van der Waals surface area (Å²) >= 11 is 6.77. The molecule has 1 aromatic carbocycles. The highest BCUT2D eigenvalue weighted by atomic mass is 79.9. The van der Waals surface area contributed by atoms with E-state index in [2.05, 4.69) is 31.9 Å². The average Bonchev–Trinajstić information content (AvgIpc) is 2.31. The lowest BCUT2D eigenvalue weighted by atomic mass is 10.2. The van der Waals surface area contributed by atoms with Crippen LogP contribution in [-0.2, 0) is 4.74 Å². The minimum absolute atomic E-state index is 0.607. The molecule has 0 aromatic heterocycles. The van der Waals surface area contributed by atoms with Gasteiger partial charge >= 0.3 is 0 Å². The van der Waals surface area contributed by atoms with Gasteiger partial charge in [-0.2, -0.15) is 0 Å². The predicted molar refractivity (Wildman–Crippen MR) is 73.8 cm³/mol. The molecule has 17 heavy (non-hydrogen) atoms. The van der Waals surface area contributed by atoms with Crippen LogP contribution in [0.4, 0.5) is 0 Å². The maximum Gasteiger partial charge on any atom is 0.150 e. The lowest BCUT2D eigenvalue weighted by Gasteiger charge is -2.10. The molecular formula is C12H14Br2O3. The molecule has 0 aliphatic rings. The standard InChI is InChI=1S/C12H14Br2O3/c1-16-4-2-3-5-17-12-10(13)6-9(8-15)7-11(12)14/h6-8H,2-5H2,1H3. The zero-order valence-corrected chi connectivity index (χ0v) is 12.7. The monoisotopic (exact) mass is 364 g/mol. The van der Waals surface area contributed by atoms with E-state index in [-0.39, 0.29) is 0 Å². The number of hydrogen-bond acceptors (Lipinski definition) is 3. The second-order valence-electron chi connectivity index (χ2n) is 3.48. The third-order valence-electron chi connectivity index (χ3n) is 2.15. The number of benzene rings is 1. The van der Waals surface area contributed by atoms with Gasteiger partial charge in [-0.15, -0.1) is 0 Å². The van der Waals surface area contributed by atoms with Crippen molar-refractivity contribution in [3.63, 3.8) is 0 Å². The van der Waals surface area contributed by atoms with Crippen molar-refractivity contribution >= 4 is 38.1 Å². The Hall–Kier alpha value is -0.390. The molecule has 0 saturated heterocycles. The predicted octanol–water partition coefficient (Wildman–Crippen LogP) is 3.83. The largest absolute Gasteiger partial charge is 0.491 e. The summed E-state index contributed by atoms with van der Waals surface area (Å²) in [5.74, 6) is 0.730. The Kier molecular flexibility index (Phi) is 6.77. The maximum absolute atomic E-state index is 10.7. The highest BCUT2D eigenvalue weighted by Crippen LogP contribution is 2.34. The van der Waals surface area contributed by atoms with Gasteiger partial charge in [0.05, 0.1) is 15.6 Å². The van der Waals surface area contributed by atoms with Crippen LogP contribution in [0.25, 0.3) is 0 Å². The number of carbonyl (C=O) groups excluding carboxylic acids is 1. The van der Waals surface area contributed by atoms with Crippen molar-refractivity contribution in [2.45, 2.75) is 12.8 Å². The number of aldehydes is 1. The van der Waals surface area contributed by atoms with E-state index in [1.54, 1.807) is 19.2 Å². The third kappa shape index (κ3) is 4.77. The van der Waals surface area contributed by atoms with Gasteiger partial charge in [0.1, 0.15) is 12.0 Å². The van der Waals surface area contributed by atoms with Gasteiger partial charge in [0, 0.05) is 19.3 Å². The SMILES string of the molecule is COCCCCOc1c(Br)cc(C=O)cc1Br. The molecule has 0 fully saturated rings. The van der Waals surface area contributed by atoms with Crippen molar-refractivity contribution in [2.24, 2.45) is 0 Å². The van der Waals surface area contributed by atoms with Gasteiger partial charge in [-0.1, -0.05) is 0 Å². The van der Waals surface area contributed by atoms with Crippen LogP contribution in [0.1, 0.15) is 23.2 Å². The molecule has 1 aromatic rings. The third-order valence-corrected chi connectivity index (χ3v) is 3.32. The summed E-state index contributed by atoms with van der Waals surface area (Å²) in [6.07, 6.45) is 2.71. The number of hydrogen-bond donors (Lipinski definition) is 0. The van der Waals surface area contributed by atoms with Crippen molar-refractivity contribution in [3.05, 3.63) is 26.6 Å². The second kappa shape index (κ2) is 7.84. The molecule has 0 atom stereocenters. The van der Waals surface area contributed by atoms with Crippen LogP contribution in [-0.4, -0.2) is 26.6 Å². The number of halogens is 2. The first-order valence-corrected chi connectivity index (χ1v) is 6.83. The molecule has 94 valence electrons. The van der Waals surface area contributed by atoms with Gasteiger partial charge in [0.15, 0.2) is 0 Å². The van der Waals surface area contributed by atoms with Crippen LogP contribution in [0.3, 0.4) is 0 Å². The molecule has 0 N–H and O–H groups in total. The Bertz CT molecular complexity index is 357. The minimum Gasteiger partial charge on any atom is -0.491 e. The van der Waals surface area contributed by atoms with Crippen LogP contribution in [0.15, 0.2) is 21.1 Å². The first kappa shape index (κ1) is 14.7. The van der Waals surface area contributed by atoms with E-state index in [4.69, 9.17) is 9.47 Å². The van der Waals surface area contributed by atoms with Crippen LogP contribution < -0.4 is 4.74 Å². The van der Waals surface area contributed by atoms with Gasteiger partial charge in [-0.25, -0.2) is 0 Å². The van der Waals surface area contributed by atoms with Crippen molar-refractivity contribution < 1.29 is 14.3 Å². The fraction of sp³-hybridized carbons (Fsp3) is 0.417. The summed E-state index contributed by atoms with van der Waals surface area (Å²) in [5, 5.41) is 0. The number of carbonyl (C=O) groups is 1. The lowest BCUT2D eigenvalue weighted by Crippen LogP contribution is -2.01. The van der Waals surface area contributed by atoms with E-state index >= 15 is 0 Å². The fourth-order valence-electron chi connectivity index (χ4n) is 1.31. The molecule has 0 spiro atoms. The Balaban J connectivity index is 2.56. The molecule has 0 amide bonds. The van der Waals surface area contributed by atoms with Crippen molar-refractivity contribution in [1.29, 1.82) is 0 Å². The van der Waals surface area contributed by atoms with E-state index in [1.165, 1.54) is 0 Å². The van der Waals surface area contributed by atoms with Gasteiger partial charge < -0.3 is 9.47 Å². The van der Waals surface area contributed by atoms with Crippen LogP contribution in [0.5, 0.6) is 5.75 Å². The number of ether oxygens (including phenoxy) is 2. The molecular weight excluding hydrogens is 352 g/mol. The normalized spacial score (nSPS) is 10.3. The van der Waals surface area contributed by atoms with E-state index in [0.717, 1.165) is 40.4 Å². The molecule has 0 saturated carbocycles. The highest BCUT2D eigenvalue weighted by Gasteiger charge is 2.08. The molecule has 3 nitrogen and oxygen atoms in total. The van der Waals surface area contributed by atoms with E-state index in [1.807, 2.05) is 0 Å². The molecule has 1 rings (SSSR count). The summed E-state index contributed by atoms with van der Waals surface area (Å²) in [4.78, 5) is 10.7. The summed E-state index contributed by atoms with van der Waals surface area (Å²) in [6.45, 7) is 1.37. The molecule has 0 heterocycles. The van der Waals surface area contributed by atoms with Gasteiger partial charge in [0.2, 0.25) is 0 Å². The van der Waals surface area contributed by atoms with Gasteiger partial charge in [0.25, 0.3) is 0 Å². The topological polar surface area (TPSA) is 35.5 Å². The summed E-state index contributed by atoms with van der Waals surface area (Å²) in [6, 6.07) is 3.48. The zero-order valence-electron chi connectivity index (χ0n) is 9.54. The van der Waals surface area contributed by atoms with Crippen LogP contribution in [0, 0.1) is 0 Å². The minimum atomic E-state index is 0.607. The number of rotatable bonds is 7. The van der Waals surface area contributed by atoms with E-state index in [9.17, 15) is 4.79 Å². The smallest absolute Gasteiger partial charge is 0.150 e. The van der Waals surface area contributed by atoms with Gasteiger partial charge in [-0.05, 0) is 56.8 Å². The van der Waals surface area contributed by atoms with Crippen molar-refractivity contribution in [3.8, 4) is 5.75 Å². The van der Waals surface area contributed by atoms with E-state index in [0.29, 0.717) is 12.2 Å². The Morgan fingerprint density at radius 3 is 2.29 bits per heavy atom. The molecule has 0 aliphatic carbocycles. The highest BCUT2D eigenvalue weighted by molar-refractivity contribution is 9.11. The second-order valence-corrected chi connectivity index (χ2v) is 5.19. The molecule has 5 heteroatoms. The first-order valence-electron chi connectivity index (χ1n) is 5.25. The van der Waals surface area contributed by atoms with Gasteiger partial charge in [-0.3, -0.25) is 4.79 Å². The molecule has 0 aliphatic heterocycles. The molecule has 0 radical (unpaired) electrons. The Labute approximate surface area is 118 Å². The zero-order chi connectivity index (χ0) is 12.7. The quantitative estimate of drug-likeness (QED) is 0.544. The Morgan fingerprint density at radius 1 is 1.18 bits per heavy atom. The fourth-order valence-corrected chi connectivity index (χ4v) is 2.76. The summed E-state index contributed by atoms with van der Waals surface area (Å²) in [7, 11) is 1.69. The number of methoxy groups -OCH3 is 1. The Morgan fingerprint density at radius 2 is 1.76 bits per heavy atom. The van der Waals surface area contributed by atoms with Crippen LogP contribution >= 0.6 is 31.9 Å². The van der Waals surface area contributed by atoms with Crippen LogP contribution in [0.2, 0.25) is 0 Å². The average molecular weight is 366 g/mol.